The van der Waals surface area contributed by atoms with Crippen molar-refractivity contribution < 1.29 is 22.4 Å². The minimum Gasteiger partial charge on any atom is -0.461 e. The van der Waals surface area contributed by atoms with Gasteiger partial charge in [0, 0.05) is 12.7 Å². The summed E-state index contributed by atoms with van der Waals surface area (Å²) in [6.07, 6.45) is -2.44. The summed E-state index contributed by atoms with van der Waals surface area (Å²) in [5.41, 5.74) is -0.994. The number of thioether (sulfide) groups is 1. The van der Waals surface area contributed by atoms with Gasteiger partial charge in [0.2, 0.25) is 5.91 Å². The number of nitrogens with one attached hydrogen (secondary N) is 1. The summed E-state index contributed by atoms with van der Waals surface area (Å²) in [6, 6.07) is 4.18. The van der Waals surface area contributed by atoms with Crippen molar-refractivity contribution in [1.82, 2.24) is 19.7 Å². The first-order chi connectivity index (χ1) is 13.3. The first-order valence-electron chi connectivity index (χ1n) is 7.92. The van der Waals surface area contributed by atoms with Crippen LogP contribution in [-0.2, 0) is 17.5 Å². The average Bonchev–Trinajstić information content (AvgIpc) is 3.29. The molecule has 0 fully saturated rings. The van der Waals surface area contributed by atoms with Gasteiger partial charge in [-0.25, -0.2) is 4.98 Å². The van der Waals surface area contributed by atoms with Crippen LogP contribution in [0.5, 0.6) is 0 Å². The van der Waals surface area contributed by atoms with Crippen LogP contribution in [0.15, 0.2) is 40.2 Å². The third-order valence-electron chi connectivity index (χ3n) is 3.53. The van der Waals surface area contributed by atoms with Gasteiger partial charge in [-0.1, -0.05) is 23.4 Å². The summed E-state index contributed by atoms with van der Waals surface area (Å²) in [5, 5.41) is 10.7. The van der Waals surface area contributed by atoms with Crippen molar-refractivity contribution in [2.24, 2.45) is 0 Å². The molecule has 0 aliphatic heterocycles. The topological polar surface area (TPSA) is 85.8 Å². The van der Waals surface area contributed by atoms with Crippen molar-refractivity contribution in [2.45, 2.75) is 24.8 Å². The predicted octanol–water partition coefficient (Wildman–Crippen LogP) is 4.36. The predicted molar refractivity (Wildman–Crippen MR) is 97.0 cm³/mol. The summed E-state index contributed by atoms with van der Waals surface area (Å²) >= 11 is 6.90. The van der Waals surface area contributed by atoms with Crippen molar-refractivity contribution in [3.63, 3.8) is 0 Å². The molecule has 0 atom stereocenters. The van der Waals surface area contributed by atoms with Crippen LogP contribution in [0.2, 0.25) is 5.02 Å². The molecule has 1 amide bonds. The fourth-order valence-corrected chi connectivity index (χ4v) is 3.27. The third-order valence-corrected chi connectivity index (χ3v) is 4.79. The van der Waals surface area contributed by atoms with E-state index in [1.807, 2.05) is 6.92 Å². The molecule has 0 saturated heterocycles. The van der Waals surface area contributed by atoms with Gasteiger partial charge < -0.3 is 9.73 Å². The van der Waals surface area contributed by atoms with E-state index in [-0.39, 0.29) is 16.6 Å². The van der Waals surface area contributed by atoms with Gasteiger partial charge in [-0.2, -0.15) is 13.2 Å². The maximum Gasteiger partial charge on any atom is 0.417 e. The Morgan fingerprint density at radius 1 is 1.39 bits per heavy atom. The van der Waals surface area contributed by atoms with E-state index >= 15 is 0 Å². The number of furan rings is 1. The average molecular weight is 432 g/mol. The van der Waals surface area contributed by atoms with Crippen molar-refractivity contribution in [3.05, 3.63) is 41.2 Å². The lowest BCUT2D eigenvalue weighted by atomic mass is 10.3. The van der Waals surface area contributed by atoms with E-state index in [0.717, 1.165) is 11.8 Å². The van der Waals surface area contributed by atoms with Crippen LogP contribution >= 0.6 is 23.4 Å². The largest absolute Gasteiger partial charge is 0.461 e. The molecule has 0 radical (unpaired) electrons. The highest BCUT2D eigenvalue weighted by Crippen LogP contribution is 2.32. The highest BCUT2D eigenvalue weighted by Gasteiger charge is 2.31. The Morgan fingerprint density at radius 3 is 2.79 bits per heavy atom. The molecule has 28 heavy (non-hydrogen) atoms. The molecular weight excluding hydrogens is 419 g/mol. The number of carbonyl (C=O) groups excluding carboxylic acids is 1. The summed E-state index contributed by atoms with van der Waals surface area (Å²) in [7, 11) is 0. The molecule has 3 heterocycles. The van der Waals surface area contributed by atoms with Crippen LogP contribution in [-0.4, -0.2) is 31.4 Å². The maximum atomic E-state index is 12.6. The molecule has 0 aliphatic carbocycles. The van der Waals surface area contributed by atoms with E-state index in [0.29, 0.717) is 35.5 Å². The Balaban J connectivity index is 1.65. The Morgan fingerprint density at radius 2 is 2.18 bits per heavy atom. The molecule has 3 rings (SSSR count). The number of anilines is 1. The maximum absolute atomic E-state index is 12.6. The number of rotatable bonds is 6. The molecule has 0 unspecified atom stereocenters. The Hall–Kier alpha value is -2.53. The number of amides is 1. The lowest BCUT2D eigenvalue weighted by molar-refractivity contribution is -0.137. The first-order valence-corrected chi connectivity index (χ1v) is 9.28. The van der Waals surface area contributed by atoms with E-state index in [2.05, 4.69) is 20.5 Å². The number of alkyl halides is 3. The minimum absolute atomic E-state index is 0.0602. The molecule has 148 valence electrons. The van der Waals surface area contributed by atoms with E-state index in [9.17, 15) is 18.0 Å². The van der Waals surface area contributed by atoms with Crippen LogP contribution in [0.25, 0.3) is 11.6 Å². The normalized spacial score (nSPS) is 11.6. The fourth-order valence-electron chi connectivity index (χ4n) is 2.25. The monoisotopic (exact) mass is 431 g/mol. The second-order valence-electron chi connectivity index (χ2n) is 5.42. The van der Waals surface area contributed by atoms with E-state index < -0.39 is 17.6 Å². The molecule has 3 aromatic rings. The second kappa shape index (κ2) is 8.23. The summed E-state index contributed by atoms with van der Waals surface area (Å²) in [4.78, 5) is 15.7. The smallest absolute Gasteiger partial charge is 0.417 e. The quantitative estimate of drug-likeness (QED) is 0.584. The number of aromatic nitrogens is 4. The molecule has 7 nitrogen and oxygen atoms in total. The Labute approximate surface area is 166 Å². The number of carbonyl (C=O) groups is 1. The van der Waals surface area contributed by atoms with Gasteiger partial charge in [-0.3, -0.25) is 9.36 Å². The summed E-state index contributed by atoms with van der Waals surface area (Å²) in [5.74, 6) is 0.377. The van der Waals surface area contributed by atoms with E-state index in [1.165, 1.54) is 6.26 Å². The van der Waals surface area contributed by atoms with Crippen molar-refractivity contribution in [3.8, 4) is 11.6 Å². The van der Waals surface area contributed by atoms with Gasteiger partial charge in [-0.15, -0.1) is 10.2 Å². The van der Waals surface area contributed by atoms with Crippen LogP contribution in [0.4, 0.5) is 19.0 Å². The highest BCUT2D eigenvalue weighted by atomic mass is 35.5. The zero-order valence-corrected chi connectivity index (χ0v) is 15.9. The zero-order chi connectivity index (χ0) is 20.3. The van der Waals surface area contributed by atoms with Gasteiger partial charge in [0.1, 0.15) is 0 Å². The number of hydrogen-bond acceptors (Lipinski definition) is 6. The van der Waals surface area contributed by atoms with E-state index in [4.69, 9.17) is 16.0 Å². The van der Waals surface area contributed by atoms with Gasteiger partial charge in [0.25, 0.3) is 0 Å². The molecule has 12 heteroatoms. The number of halogens is 4. The minimum atomic E-state index is -4.56. The van der Waals surface area contributed by atoms with Gasteiger partial charge in [-0.05, 0) is 25.1 Å². The van der Waals surface area contributed by atoms with Crippen molar-refractivity contribution >= 4 is 35.1 Å². The van der Waals surface area contributed by atoms with Gasteiger partial charge in [0.15, 0.2) is 22.6 Å². The summed E-state index contributed by atoms with van der Waals surface area (Å²) < 4.78 is 45.0. The molecular formula is C16H13ClF3N5O2S. The molecule has 3 aromatic heterocycles. The fraction of sp³-hybridized carbons (Fsp3) is 0.250. The molecule has 0 spiro atoms. The Bertz CT molecular complexity index is 975. The lowest BCUT2D eigenvalue weighted by Gasteiger charge is -2.10. The van der Waals surface area contributed by atoms with Crippen molar-refractivity contribution in [2.75, 3.05) is 11.1 Å². The van der Waals surface area contributed by atoms with Gasteiger partial charge >= 0.3 is 6.18 Å². The number of hydrogen-bond donors (Lipinski definition) is 1. The van der Waals surface area contributed by atoms with Crippen LogP contribution in [0, 0.1) is 0 Å². The second-order valence-corrected chi connectivity index (χ2v) is 6.77. The molecule has 0 aliphatic rings. The number of nitrogens with zero attached hydrogens (tertiary/aromatic N) is 4. The zero-order valence-electron chi connectivity index (χ0n) is 14.3. The van der Waals surface area contributed by atoms with E-state index in [1.54, 1.807) is 16.7 Å². The van der Waals surface area contributed by atoms with Crippen LogP contribution in [0.1, 0.15) is 12.5 Å². The first kappa shape index (κ1) is 20.2. The van der Waals surface area contributed by atoms with Crippen LogP contribution in [0.3, 0.4) is 0 Å². The molecule has 0 saturated carbocycles. The van der Waals surface area contributed by atoms with Crippen molar-refractivity contribution in [1.29, 1.82) is 0 Å². The van der Waals surface area contributed by atoms with Gasteiger partial charge in [0.05, 0.1) is 22.6 Å². The standard InChI is InChI=1S/C16H13ClF3N5O2S/c1-2-25-14(11-4-3-5-27-11)23-24-15(25)28-8-12(26)22-13-10(17)6-9(7-21-13)16(18,19)20/h3-7H,2,8H2,1H3,(H,21,22,26). The molecule has 0 bridgehead atoms. The molecule has 1 N–H and O–H groups in total. The SMILES string of the molecule is CCn1c(SCC(=O)Nc2ncc(C(F)(F)F)cc2Cl)nnc1-c1ccco1. The third kappa shape index (κ3) is 4.47. The summed E-state index contributed by atoms with van der Waals surface area (Å²) in [6.45, 7) is 2.45. The number of pyridine rings is 1. The Kier molecular flexibility index (Phi) is 5.94. The van der Waals surface area contributed by atoms with Crippen LogP contribution < -0.4 is 5.32 Å². The lowest BCUT2D eigenvalue weighted by Crippen LogP contribution is -2.16. The highest BCUT2D eigenvalue weighted by molar-refractivity contribution is 7.99. The molecule has 0 aromatic carbocycles.